The maximum absolute atomic E-state index is 13.3. The number of carbonyl (C=O) groups excluding carboxylic acids is 1. The lowest BCUT2D eigenvalue weighted by Crippen LogP contribution is -2.29. The van der Waals surface area contributed by atoms with Crippen LogP contribution in [-0.4, -0.2) is 25.8 Å². The van der Waals surface area contributed by atoms with Gasteiger partial charge in [0.2, 0.25) is 0 Å². The molecule has 4 aromatic rings. The van der Waals surface area contributed by atoms with Crippen LogP contribution in [0.1, 0.15) is 59.3 Å². The summed E-state index contributed by atoms with van der Waals surface area (Å²) in [4.78, 5) is 31.6. The van der Waals surface area contributed by atoms with Gasteiger partial charge in [-0.05, 0) is 51.0 Å². The maximum atomic E-state index is 13.3. The number of aryl methyl sites for hydroxylation is 1. The van der Waals surface area contributed by atoms with E-state index in [2.05, 4.69) is 15.3 Å². The van der Waals surface area contributed by atoms with Gasteiger partial charge in [0.15, 0.2) is 11.5 Å². The predicted molar refractivity (Wildman–Crippen MR) is 137 cm³/mol. The van der Waals surface area contributed by atoms with Crippen molar-refractivity contribution in [1.29, 1.82) is 0 Å². The first-order valence-corrected chi connectivity index (χ1v) is 11.9. The molecule has 176 valence electrons. The standard InChI is InChI=1S/C27H25ClN6O/c1-15-13-19(14-22(28)30-15)24-23(18-7-4-3-5-8-18)34-26(29)25(33-24)27(35)31-16(2)20-9-6-10-21(32-20)17-11-12-17/h3-10,13-14,16-17H,11-12H2,1-2H3,(H2,29,34)(H,31,35)/t16-/m1/s1. The topological polar surface area (TPSA) is 107 Å². The number of hydrogen-bond donors (Lipinski definition) is 2. The summed E-state index contributed by atoms with van der Waals surface area (Å²) in [5.41, 5.74) is 11.5. The summed E-state index contributed by atoms with van der Waals surface area (Å²) >= 11 is 6.24. The molecule has 1 amide bonds. The number of anilines is 1. The van der Waals surface area contributed by atoms with Crippen molar-refractivity contribution in [3.63, 3.8) is 0 Å². The Balaban J connectivity index is 1.52. The van der Waals surface area contributed by atoms with Crippen LogP contribution in [-0.2, 0) is 0 Å². The number of rotatable bonds is 6. The molecule has 1 fully saturated rings. The van der Waals surface area contributed by atoms with Gasteiger partial charge >= 0.3 is 0 Å². The zero-order valence-electron chi connectivity index (χ0n) is 19.5. The second-order valence-electron chi connectivity index (χ2n) is 8.80. The Morgan fingerprint density at radius 3 is 2.43 bits per heavy atom. The van der Waals surface area contributed by atoms with Gasteiger partial charge in [-0.15, -0.1) is 0 Å². The monoisotopic (exact) mass is 484 g/mol. The van der Waals surface area contributed by atoms with Crippen LogP contribution in [0.25, 0.3) is 22.5 Å². The highest BCUT2D eigenvalue weighted by atomic mass is 35.5. The van der Waals surface area contributed by atoms with Crippen molar-refractivity contribution in [2.24, 2.45) is 0 Å². The molecule has 1 aromatic carbocycles. The molecule has 0 bridgehead atoms. The van der Waals surface area contributed by atoms with Crippen LogP contribution in [0.3, 0.4) is 0 Å². The van der Waals surface area contributed by atoms with Gasteiger partial charge in [-0.2, -0.15) is 0 Å². The van der Waals surface area contributed by atoms with Gasteiger partial charge in [-0.1, -0.05) is 48.0 Å². The maximum Gasteiger partial charge on any atom is 0.274 e. The third-order valence-corrected chi connectivity index (χ3v) is 6.15. The molecule has 1 saturated carbocycles. The van der Waals surface area contributed by atoms with Crippen molar-refractivity contribution in [3.8, 4) is 22.5 Å². The van der Waals surface area contributed by atoms with E-state index in [0.717, 1.165) is 22.6 Å². The third kappa shape index (κ3) is 5.00. The second-order valence-corrected chi connectivity index (χ2v) is 9.18. The van der Waals surface area contributed by atoms with Crippen LogP contribution in [0.15, 0.2) is 60.7 Å². The van der Waals surface area contributed by atoms with Crippen LogP contribution in [0.2, 0.25) is 5.15 Å². The van der Waals surface area contributed by atoms with Crippen LogP contribution < -0.4 is 11.1 Å². The lowest BCUT2D eigenvalue weighted by atomic mass is 10.0. The summed E-state index contributed by atoms with van der Waals surface area (Å²) < 4.78 is 0. The number of benzene rings is 1. The Kier molecular flexibility index (Phi) is 6.17. The van der Waals surface area contributed by atoms with Crippen molar-refractivity contribution in [3.05, 3.63) is 88.6 Å². The van der Waals surface area contributed by atoms with Gasteiger partial charge in [-0.25, -0.2) is 15.0 Å². The molecule has 35 heavy (non-hydrogen) atoms. The largest absolute Gasteiger partial charge is 0.382 e. The van der Waals surface area contributed by atoms with Crippen LogP contribution in [0.5, 0.6) is 0 Å². The average molecular weight is 485 g/mol. The fraction of sp³-hybridized carbons (Fsp3) is 0.222. The third-order valence-electron chi connectivity index (χ3n) is 5.96. The molecular formula is C27H25ClN6O. The highest BCUT2D eigenvalue weighted by molar-refractivity contribution is 6.29. The Bertz CT molecular complexity index is 1380. The molecule has 5 rings (SSSR count). The van der Waals surface area contributed by atoms with Gasteiger partial charge in [0.1, 0.15) is 5.15 Å². The summed E-state index contributed by atoms with van der Waals surface area (Å²) in [6.45, 7) is 3.74. The molecule has 0 radical (unpaired) electrons. The Morgan fingerprint density at radius 2 is 1.71 bits per heavy atom. The quantitative estimate of drug-likeness (QED) is 0.349. The first-order chi connectivity index (χ1) is 16.9. The fourth-order valence-corrected chi connectivity index (χ4v) is 4.29. The molecule has 0 saturated heterocycles. The van der Waals surface area contributed by atoms with Crippen molar-refractivity contribution < 1.29 is 4.79 Å². The highest BCUT2D eigenvalue weighted by Gasteiger charge is 2.26. The normalized spacial score (nSPS) is 13.9. The van der Waals surface area contributed by atoms with E-state index in [0.29, 0.717) is 28.0 Å². The number of nitrogens with one attached hydrogen (secondary N) is 1. The van der Waals surface area contributed by atoms with E-state index < -0.39 is 5.91 Å². The number of hydrogen-bond acceptors (Lipinski definition) is 6. The average Bonchev–Trinajstić information content (AvgIpc) is 3.69. The number of halogens is 1. The van der Waals surface area contributed by atoms with Gasteiger partial charge in [-0.3, -0.25) is 9.78 Å². The molecule has 1 aliphatic carbocycles. The van der Waals surface area contributed by atoms with Crippen molar-refractivity contribution >= 4 is 23.3 Å². The molecule has 3 N–H and O–H groups in total. The molecule has 8 heteroatoms. The molecule has 3 aromatic heterocycles. The zero-order valence-corrected chi connectivity index (χ0v) is 20.3. The fourth-order valence-electron chi connectivity index (χ4n) is 4.03. The van der Waals surface area contributed by atoms with Crippen LogP contribution >= 0.6 is 11.6 Å². The summed E-state index contributed by atoms with van der Waals surface area (Å²) in [6, 6.07) is 18.8. The zero-order chi connectivity index (χ0) is 24.5. The van der Waals surface area contributed by atoms with E-state index in [9.17, 15) is 4.79 Å². The van der Waals surface area contributed by atoms with E-state index in [1.807, 2.05) is 68.4 Å². The molecule has 3 heterocycles. The van der Waals surface area contributed by atoms with Crippen molar-refractivity contribution in [1.82, 2.24) is 25.3 Å². The smallest absolute Gasteiger partial charge is 0.274 e. The second kappa shape index (κ2) is 9.43. The van der Waals surface area contributed by atoms with E-state index >= 15 is 0 Å². The lowest BCUT2D eigenvalue weighted by Gasteiger charge is -2.17. The summed E-state index contributed by atoms with van der Waals surface area (Å²) in [5, 5.41) is 3.31. The van der Waals surface area contributed by atoms with Gasteiger partial charge in [0, 0.05) is 28.4 Å². The Hall–Kier alpha value is -3.84. The van der Waals surface area contributed by atoms with Crippen molar-refractivity contribution in [2.75, 3.05) is 5.73 Å². The minimum absolute atomic E-state index is 0.0499. The Labute approximate surface area is 208 Å². The highest BCUT2D eigenvalue weighted by Crippen LogP contribution is 2.39. The van der Waals surface area contributed by atoms with E-state index in [-0.39, 0.29) is 17.6 Å². The van der Waals surface area contributed by atoms with Gasteiger partial charge in [0.25, 0.3) is 5.91 Å². The molecule has 1 aliphatic rings. The Morgan fingerprint density at radius 1 is 0.971 bits per heavy atom. The number of pyridine rings is 2. The number of nitrogens with zero attached hydrogens (tertiary/aromatic N) is 4. The van der Waals surface area contributed by atoms with E-state index in [4.69, 9.17) is 27.3 Å². The molecule has 0 aliphatic heterocycles. The number of amides is 1. The van der Waals surface area contributed by atoms with E-state index in [1.165, 1.54) is 12.8 Å². The van der Waals surface area contributed by atoms with Gasteiger partial charge in [0.05, 0.1) is 23.1 Å². The number of nitrogens with two attached hydrogens (primary N) is 1. The summed E-state index contributed by atoms with van der Waals surface area (Å²) in [5.74, 6) is 0.163. The van der Waals surface area contributed by atoms with Crippen LogP contribution in [0, 0.1) is 6.92 Å². The van der Waals surface area contributed by atoms with Crippen LogP contribution in [0.4, 0.5) is 5.82 Å². The molecule has 1 atom stereocenters. The minimum Gasteiger partial charge on any atom is -0.382 e. The summed E-state index contributed by atoms with van der Waals surface area (Å²) in [7, 11) is 0. The first-order valence-electron chi connectivity index (χ1n) is 11.5. The van der Waals surface area contributed by atoms with Crippen molar-refractivity contribution in [2.45, 2.75) is 38.6 Å². The molecule has 0 unspecified atom stereocenters. The minimum atomic E-state index is -0.418. The molecule has 7 nitrogen and oxygen atoms in total. The molecular weight excluding hydrogens is 460 g/mol. The molecule has 0 spiro atoms. The van der Waals surface area contributed by atoms with E-state index in [1.54, 1.807) is 6.07 Å². The number of nitrogen functional groups attached to an aromatic ring is 1. The first kappa shape index (κ1) is 22.9. The predicted octanol–water partition coefficient (Wildman–Crippen LogP) is 5.51. The number of aromatic nitrogens is 4. The lowest BCUT2D eigenvalue weighted by molar-refractivity contribution is 0.0935. The van der Waals surface area contributed by atoms with Gasteiger partial charge < -0.3 is 11.1 Å². The SMILES string of the molecule is Cc1cc(-c2nc(C(=O)N[C@H](C)c3cccc(C4CC4)n3)c(N)nc2-c2ccccc2)cc(Cl)n1. The number of carbonyl (C=O) groups is 1. The summed E-state index contributed by atoms with van der Waals surface area (Å²) in [6.07, 6.45) is 2.33.